The molecule has 0 aliphatic rings. The Morgan fingerprint density at radius 2 is 0.880 bits per heavy atom. The number of hydrogen-bond donors (Lipinski definition) is 0. The van der Waals surface area contributed by atoms with Gasteiger partial charge in [-0.2, -0.15) is 0 Å². The maximum Gasteiger partial charge on any atom is 0.0389 e. The van der Waals surface area contributed by atoms with Gasteiger partial charge in [-0.25, -0.2) is 0 Å². The summed E-state index contributed by atoms with van der Waals surface area (Å²) in [5, 5.41) is 0. The van der Waals surface area contributed by atoms with E-state index in [0.29, 0.717) is 0 Å². The van der Waals surface area contributed by atoms with Gasteiger partial charge < -0.3 is 9.80 Å². The number of hydrogen-bond acceptors (Lipinski definition) is 2. The highest BCUT2D eigenvalue weighted by Gasteiger charge is 2.11. The average Bonchev–Trinajstić information content (AvgIpc) is 2.61. The highest BCUT2D eigenvalue weighted by atomic mass is 15.1. The van der Waals surface area contributed by atoms with Gasteiger partial charge in [0, 0.05) is 37.6 Å². The lowest BCUT2D eigenvalue weighted by molar-refractivity contribution is 0.671. The average molecular weight is 347 g/mol. The van der Waals surface area contributed by atoms with Crippen LogP contribution in [0.25, 0.3) is 0 Å². The van der Waals surface area contributed by atoms with Gasteiger partial charge in [-0.3, -0.25) is 0 Å². The van der Waals surface area contributed by atoms with Crippen LogP contribution in [0.2, 0.25) is 0 Å². The molecule has 0 unspecified atom stereocenters. The number of aryl methyl sites for hydroxylation is 1. The molecule has 0 aliphatic carbocycles. The molecule has 1 aromatic rings. The Hall–Kier alpha value is -1.18. The van der Waals surface area contributed by atoms with Crippen molar-refractivity contribution in [3.63, 3.8) is 0 Å². The summed E-state index contributed by atoms with van der Waals surface area (Å²) in [5.41, 5.74) is 4.24. The van der Waals surface area contributed by atoms with Gasteiger partial charge in [0.15, 0.2) is 0 Å². The predicted molar refractivity (Wildman–Crippen MR) is 115 cm³/mol. The van der Waals surface area contributed by atoms with Crippen LogP contribution in [0, 0.1) is 6.92 Å². The third-order valence-corrected chi connectivity index (χ3v) is 4.90. The molecule has 0 atom stereocenters. The molecular weight excluding hydrogens is 304 g/mol. The first-order chi connectivity index (χ1) is 12.2. The Morgan fingerprint density at radius 1 is 0.560 bits per heavy atom. The molecule has 0 spiro atoms. The molecule has 1 aromatic carbocycles. The number of rotatable bonds is 14. The first kappa shape index (κ1) is 21.9. The predicted octanol–water partition coefficient (Wildman–Crippen LogP) is 6.81. The molecule has 0 heterocycles. The van der Waals surface area contributed by atoms with Crippen LogP contribution in [-0.4, -0.2) is 26.2 Å². The van der Waals surface area contributed by atoms with Crippen molar-refractivity contribution in [2.24, 2.45) is 0 Å². The van der Waals surface area contributed by atoms with Crippen molar-refractivity contribution in [1.82, 2.24) is 0 Å². The van der Waals surface area contributed by atoms with Crippen LogP contribution in [-0.2, 0) is 0 Å². The monoisotopic (exact) mass is 346 g/mol. The molecule has 0 N–H and O–H groups in total. The van der Waals surface area contributed by atoms with E-state index in [4.69, 9.17) is 0 Å². The third-order valence-electron chi connectivity index (χ3n) is 4.90. The second-order valence-electron chi connectivity index (χ2n) is 7.42. The lowest BCUT2D eigenvalue weighted by Gasteiger charge is -2.29. The van der Waals surface area contributed by atoms with Crippen LogP contribution in [0.5, 0.6) is 0 Å². The number of nitrogens with zero attached hydrogens (tertiary/aromatic N) is 2. The fraction of sp³-hybridized carbons (Fsp3) is 0.739. The third kappa shape index (κ3) is 8.16. The van der Waals surface area contributed by atoms with Gasteiger partial charge in [0.05, 0.1) is 0 Å². The van der Waals surface area contributed by atoms with E-state index >= 15 is 0 Å². The zero-order valence-corrected chi connectivity index (χ0v) is 17.6. The summed E-state index contributed by atoms with van der Waals surface area (Å²) in [6, 6.07) is 7.21. The summed E-state index contributed by atoms with van der Waals surface area (Å²) < 4.78 is 0. The van der Waals surface area contributed by atoms with Crippen molar-refractivity contribution in [3.8, 4) is 0 Å². The van der Waals surface area contributed by atoms with Crippen molar-refractivity contribution in [3.05, 3.63) is 23.8 Å². The van der Waals surface area contributed by atoms with E-state index in [1.54, 1.807) is 0 Å². The van der Waals surface area contributed by atoms with E-state index in [9.17, 15) is 0 Å². The molecule has 0 bridgehead atoms. The number of anilines is 2. The Morgan fingerprint density at radius 3 is 1.16 bits per heavy atom. The van der Waals surface area contributed by atoms with Gasteiger partial charge in [-0.1, -0.05) is 53.4 Å². The molecule has 0 fully saturated rings. The summed E-state index contributed by atoms with van der Waals surface area (Å²) in [5.74, 6) is 0. The molecule has 0 saturated heterocycles. The molecule has 2 nitrogen and oxygen atoms in total. The minimum atomic E-state index is 1.18. The van der Waals surface area contributed by atoms with Crippen molar-refractivity contribution >= 4 is 11.4 Å². The van der Waals surface area contributed by atoms with Crippen LogP contribution in [0.1, 0.15) is 84.6 Å². The Bertz CT molecular complexity index is 401. The van der Waals surface area contributed by atoms with Crippen molar-refractivity contribution < 1.29 is 0 Å². The van der Waals surface area contributed by atoms with E-state index in [0.717, 1.165) is 0 Å². The zero-order chi connectivity index (χ0) is 18.5. The van der Waals surface area contributed by atoms with E-state index < -0.39 is 0 Å². The summed E-state index contributed by atoms with van der Waals surface area (Å²) >= 11 is 0. The summed E-state index contributed by atoms with van der Waals surface area (Å²) in [6.45, 7) is 16.1. The van der Waals surface area contributed by atoms with Crippen molar-refractivity contribution in [1.29, 1.82) is 0 Å². The standard InChI is InChI=1S/C23H42N2/c1-6-10-14-24(15-11-7-2)22-18-21(5)19-23(20-22)25(16-12-8-3)17-13-9-4/h18-20H,6-17H2,1-5H3. The van der Waals surface area contributed by atoms with Gasteiger partial charge in [0.1, 0.15) is 0 Å². The van der Waals surface area contributed by atoms with E-state index in [2.05, 4.69) is 62.6 Å². The first-order valence-electron chi connectivity index (χ1n) is 10.8. The highest BCUT2D eigenvalue weighted by Crippen LogP contribution is 2.26. The summed E-state index contributed by atoms with van der Waals surface area (Å²) in [4.78, 5) is 5.22. The van der Waals surface area contributed by atoms with Crippen molar-refractivity contribution in [2.75, 3.05) is 36.0 Å². The van der Waals surface area contributed by atoms with Gasteiger partial charge in [0.2, 0.25) is 0 Å². The minimum Gasteiger partial charge on any atom is -0.371 e. The largest absolute Gasteiger partial charge is 0.371 e. The molecule has 0 aliphatic heterocycles. The summed E-state index contributed by atoms with van der Waals surface area (Å²) in [7, 11) is 0. The van der Waals surface area contributed by atoms with Crippen LogP contribution in [0.3, 0.4) is 0 Å². The molecule has 0 saturated carbocycles. The lowest BCUT2D eigenvalue weighted by atomic mass is 10.1. The van der Waals surface area contributed by atoms with Crippen LogP contribution in [0.15, 0.2) is 18.2 Å². The number of benzene rings is 1. The van der Waals surface area contributed by atoms with E-state index in [-0.39, 0.29) is 0 Å². The maximum atomic E-state index is 2.61. The van der Waals surface area contributed by atoms with Crippen LogP contribution < -0.4 is 9.80 Å². The Balaban J connectivity index is 3.02. The lowest BCUT2D eigenvalue weighted by Crippen LogP contribution is -2.28. The Labute approximate surface area is 157 Å². The molecule has 0 amide bonds. The quantitative estimate of drug-likeness (QED) is 0.365. The van der Waals surface area contributed by atoms with Gasteiger partial charge >= 0.3 is 0 Å². The molecule has 2 heteroatoms. The van der Waals surface area contributed by atoms with Crippen LogP contribution in [0.4, 0.5) is 11.4 Å². The second-order valence-corrected chi connectivity index (χ2v) is 7.42. The maximum absolute atomic E-state index is 2.61. The Kier molecular flexibility index (Phi) is 11.4. The molecular formula is C23H42N2. The number of unbranched alkanes of at least 4 members (excludes halogenated alkanes) is 4. The SMILES string of the molecule is CCCCN(CCCC)c1cc(C)cc(N(CCCC)CCCC)c1. The molecule has 25 heavy (non-hydrogen) atoms. The molecule has 0 aromatic heterocycles. The van der Waals surface area contributed by atoms with Crippen LogP contribution >= 0.6 is 0 Å². The van der Waals surface area contributed by atoms with Gasteiger partial charge in [0.25, 0.3) is 0 Å². The van der Waals surface area contributed by atoms with Gasteiger partial charge in [-0.05, 0) is 56.4 Å². The second kappa shape index (κ2) is 13.1. The van der Waals surface area contributed by atoms with Crippen molar-refractivity contribution in [2.45, 2.75) is 86.0 Å². The smallest absolute Gasteiger partial charge is 0.0389 e. The highest BCUT2D eigenvalue weighted by molar-refractivity contribution is 5.61. The fourth-order valence-electron chi connectivity index (χ4n) is 3.24. The molecule has 0 radical (unpaired) electrons. The zero-order valence-electron chi connectivity index (χ0n) is 17.6. The first-order valence-corrected chi connectivity index (χ1v) is 10.8. The molecule has 144 valence electrons. The van der Waals surface area contributed by atoms with E-state index in [1.165, 1.54) is 94.5 Å². The van der Waals surface area contributed by atoms with Gasteiger partial charge in [-0.15, -0.1) is 0 Å². The fourth-order valence-corrected chi connectivity index (χ4v) is 3.24. The topological polar surface area (TPSA) is 6.48 Å². The van der Waals surface area contributed by atoms with E-state index in [1.807, 2.05) is 0 Å². The summed E-state index contributed by atoms with van der Waals surface area (Å²) in [6.07, 6.45) is 10.2. The molecule has 1 rings (SSSR count). The minimum absolute atomic E-state index is 1.18. The normalized spacial score (nSPS) is 10.9.